The van der Waals surface area contributed by atoms with Gasteiger partial charge in [-0.25, -0.2) is 0 Å². The van der Waals surface area contributed by atoms with Crippen molar-refractivity contribution in [2.75, 3.05) is 0 Å². The van der Waals surface area contributed by atoms with Gasteiger partial charge in [-0.1, -0.05) is 13.0 Å². The number of rotatable bonds is 1. The highest BCUT2D eigenvalue weighted by atomic mass is 16.2. The molecule has 0 aromatic carbocycles. The Bertz CT molecular complexity index is 206. The van der Waals surface area contributed by atoms with Gasteiger partial charge < -0.3 is 0 Å². The Hall–Kier alpha value is -1.12. The second kappa shape index (κ2) is 2.64. The number of carbonyl (C=O) groups excluding carboxylic acids is 2. The quantitative estimate of drug-likeness (QED) is 0.421. The fraction of sp³-hybridized carbons (Fsp3) is 0.429. The van der Waals surface area contributed by atoms with Gasteiger partial charge in [0, 0.05) is 5.57 Å². The summed E-state index contributed by atoms with van der Waals surface area (Å²) in [5.41, 5.74) is 0.604. The van der Waals surface area contributed by atoms with Crippen LogP contribution in [0.3, 0.4) is 0 Å². The van der Waals surface area contributed by atoms with Crippen molar-refractivity contribution in [1.82, 2.24) is 5.32 Å². The average Bonchev–Trinajstić information content (AvgIpc) is 2.13. The van der Waals surface area contributed by atoms with Gasteiger partial charge in [-0.05, 0) is 6.42 Å². The molecule has 10 heavy (non-hydrogen) atoms. The zero-order valence-corrected chi connectivity index (χ0v) is 5.81. The van der Waals surface area contributed by atoms with E-state index in [9.17, 15) is 9.59 Å². The first-order chi connectivity index (χ1) is 4.74. The topological polar surface area (TPSA) is 46.2 Å². The van der Waals surface area contributed by atoms with Crippen LogP contribution in [0.1, 0.15) is 19.8 Å². The maximum Gasteiger partial charge on any atom is 0.253 e. The molecule has 0 aliphatic carbocycles. The largest absolute Gasteiger partial charge is 0.292 e. The number of hydrogen-bond acceptors (Lipinski definition) is 2. The summed E-state index contributed by atoms with van der Waals surface area (Å²) in [5.74, 6) is -0.420. The lowest BCUT2D eigenvalue weighted by Gasteiger charge is -1.86. The van der Waals surface area contributed by atoms with Crippen LogP contribution < -0.4 is 5.32 Å². The van der Waals surface area contributed by atoms with E-state index in [-0.39, 0.29) is 18.2 Å². The van der Waals surface area contributed by atoms with Crippen LogP contribution in [-0.2, 0) is 9.59 Å². The van der Waals surface area contributed by atoms with Gasteiger partial charge in [0.2, 0.25) is 5.91 Å². The molecule has 1 rings (SSSR count). The average molecular weight is 139 g/mol. The van der Waals surface area contributed by atoms with E-state index in [1.807, 2.05) is 6.92 Å². The monoisotopic (exact) mass is 139 g/mol. The fourth-order valence-corrected chi connectivity index (χ4v) is 0.916. The van der Waals surface area contributed by atoms with Crippen LogP contribution in [0.15, 0.2) is 11.6 Å². The molecule has 1 heterocycles. The summed E-state index contributed by atoms with van der Waals surface area (Å²) in [6.45, 7) is 1.93. The summed E-state index contributed by atoms with van der Waals surface area (Å²) in [4.78, 5) is 21.3. The van der Waals surface area contributed by atoms with Crippen LogP contribution in [0.5, 0.6) is 0 Å². The van der Waals surface area contributed by atoms with Crippen LogP contribution in [0.25, 0.3) is 0 Å². The molecule has 0 saturated carbocycles. The molecule has 1 aliphatic rings. The fourth-order valence-electron chi connectivity index (χ4n) is 0.916. The molecular formula is C7H9NO2. The number of hydrogen-bond donors (Lipinski definition) is 1. The predicted molar refractivity (Wildman–Crippen MR) is 36.1 cm³/mol. The minimum atomic E-state index is -0.230. The second-order valence-corrected chi connectivity index (χ2v) is 2.19. The molecule has 0 unspecified atom stereocenters. The van der Waals surface area contributed by atoms with Crippen LogP contribution >= 0.6 is 0 Å². The van der Waals surface area contributed by atoms with E-state index in [4.69, 9.17) is 0 Å². The number of carbonyl (C=O) groups is 2. The van der Waals surface area contributed by atoms with Crippen LogP contribution in [0.2, 0.25) is 0 Å². The van der Waals surface area contributed by atoms with Gasteiger partial charge in [0.15, 0.2) is 0 Å². The number of imide groups is 1. The van der Waals surface area contributed by atoms with Crippen LogP contribution in [-0.4, -0.2) is 11.8 Å². The maximum absolute atomic E-state index is 10.8. The SMILES string of the molecule is CCC=C1CC(=O)NC1=O. The molecule has 3 heteroatoms. The Morgan fingerprint density at radius 1 is 1.60 bits per heavy atom. The van der Waals surface area contributed by atoms with Crippen molar-refractivity contribution < 1.29 is 9.59 Å². The van der Waals surface area contributed by atoms with Crippen molar-refractivity contribution in [2.24, 2.45) is 0 Å². The lowest BCUT2D eigenvalue weighted by Crippen LogP contribution is -2.19. The molecule has 0 atom stereocenters. The molecule has 1 N–H and O–H groups in total. The zero-order chi connectivity index (χ0) is 7.56. The summed E-state index contributed by atoms with van der Waals surface area (Å²) >= 11 is 0. The first kappa shape index (κ1) is 6.99. The van der Waals surface area contributed by atoms with E-state index >= 15 is 0 Å². The first-order valence-electron chi connectivity index (χ1n) is 3.27. The molecule has 0 aromatic heterocycles. The lowest BCUT2D eigenvalue weighted by atomic mass is 10.2. The van der Waals surface area contributed by atoms with Gasteiger partial charge in [0.25, 0.3) is 5.91 Å². The van der Waals surface area contributed by atoms with Gasteiger partial charge in [-0.3, -0.25) is 14.9 Å². The van der Waals surface area contributed by atoms with Crippen molar-refractivity contribution in [3.8, 4) is 0 Å². The van der Waals surface area contributed by atoms with Crippen molar-refractivity contribution >= 4 is 11.8 Å². The Kier molecular flexibility index (Phi) is 1.85. The standard InChI is InChI=1S/C7H9NO2/c1-2-3-5-4-6(9)8-7(5)10/h3H,2,4H2,1H3,(H,8,9,10). The molecule has 1 aliphatic heterocycles. The second-order valence-electron chi connectivity index (χ2n) is 2.19. The molecule has 0 aromatic rings. The number of allylic oxidation sites excluding steroid dienone is 1. The Balaban J connectivity index is 2.72. The van der Waals surface area contributed by atoms with E-state index in [2.05, 4.69) is 5.32 Å². The number of amides is 2. The highest BCUT2D eigenvalue weighted by molar-refractivity contribution is 6.13. The van der Waals surface area contributed by atoms with E-state index in [0.717, 1.165) is 6.42 Å². The Morgan fingerprint density at radius 2 is 2.30 bits per heavy atom. The smallest absolute Gasteiger partial charge is 0.253 e. The van der Waals surface area contributed by atoms with E-state index < -0.39 is 0 Å². The Labute approximate surface area is 59.1 Å². The molecule has 0 spiro atoms. The van der Waals surface area contributed by atoms with E-state index in [1.54, 1.807) is 6.08 Å². The molecule has 0 radical (unpaired) electrons. The van der Waals surface area contributed by atoms with Crippen molar-refractivity contribution in [3.05, 3.63) is 11.6 Å². The highest BCUT2D eigenvalue weighted by Crippen LogP contribution is 2.08. The first-order valence-corrected chi connectivity index (χ1v) is 3.27. The summed E-state index contributed by atoms with van der Waals surface area (Å²) in [7, 11) is 0. The van der Waals surface area contributed by atoms with E-state index in [1.165, 1.54) is 0 Å². The molecule has 3 nitrogen and oxygen atoms in total. The highest BCUT2D eigenvalue weighted by Gasteiger charge is 2.22. The minimum absolute atomic E-state index is 0.190. The van der Waals surface area contributed by atoms with Crippen molar-refractivity contribution in [3.63, 3.8) is 0 Å². The van der Waals surface area contributed by atoms with Crippen LogP contribution in [0, 0.1) is 0 Å². The zero-order valence-electron chi connectivity index (χ0n) is 5.81. The van der Waals surface area contributed by atoms with E-state index in [0.29, 0.717) is 5.57 Å². The normalized spacial score (nSPS) is 21.9. The summed E-state index contributed by atoms with van der Waals surface area (Å²) in [6.07, 6.45) is 2.84. The molecule has 2 amide bonds. The lowest BCUT2D eigenvalue weighted by molar-refractivity contribution is -0.124. The molecule has 1 fully saturated rings. The minimum Gasteiger partial charge on any atom is -0.292 e. The summed E-state index contributed by atoms with van der Waals surface area (Å²) < 4.78 is 0. The van der Waals surface area contributed by atoms with Crippen molar-refractivity contribution in [1.29, 1.82) is 0 Å². The molecular weight excluding hydrogens is 130 g/mol. The summed E-state index contributed by atoms with van der Waals surface area (Å²) in [5, 5.41) is 2.21. The molecule has 54 valence electrons. The van der Waals surface area contributed by atoms with Gasteiger partial charge in [0.1, 0.15) is 0 Å². The number of nitrogens with one attached hydrogen (secondary N) is 1. The third kappa shape index (κ3) is 1.23. The summed E-state index contributed by atoms with van der Waals surface area (Å²) in [6, 6.07) is 0. The third-order valence-electron chi connectivity index (χ3n) is 1.35. The van der Waals surface area contributed by atoms with Crippen molar-refractivity contribution in [2.45, 2.75) is 19.8 Å². The maximum atomic E-state index is 10.8. The van der Waals surface area contributed by atoms with Gasteiger partial charge >= 0.3 is 0 Å². The Morgan fingerprint density at radius 3 is 2.70 bits per heavy atom. The predicted octanol–water partition coefficient (Wildman–Crippen LogP) is 0.369. The van der Waals surface area contributed by atoms with Gasteiger partial charge in [-0.15, -0.1) is 0 Å². The van der Waals surface area contributed by atoms with Crippen LogP contribution in [0.4, 0.5) is 0 Å². The van der Waals surface area contributed by atoms with Gasteiger partial charge in [0.05, 0.1) is 6.42 Å². The van der Waals surface area contributed by atoms with Gasteiger partial charge in [-0.2, -0.15) is 0 Å². The third-order valence-corrected chi connectivity index (χ3v) is 1.35. The molecule has 0 bridgehead atoms. The molecule has 1 saturated heterocycles.